The van der Waals surface area contributed by atoms with Crippen molar-refractivity contribution in [3.8, 4) is 17.0 Å². The van der Waals surface area contributed by atoms with Crippen LogP contribution in [0.25, 0.3) is 11.3 Å². The molecule has 140 valence electrons. The molecule has 3 aromatic rings. The number of H-pyrrole nitrogens is 1. The van der Waals surface area contributed by atoms with E-state index in [0.717, 1.165) is 49.5 Å². The van der Waals surface area contributed by atoms with Crippen molar-refractivity contribution < 1.29 is 14.0 Å². The molecule has 0 bridgehead atoms. The van der Waals surface area contributed by atoms with E-state index in [4.69, 9.17) is 4.74 Å². The van der Waals surface area contributed by atoms with Gasteiger partial charge in [0.05, 0.1) is 37.7 Å². The molecule has 1 aromatic heterocycles. The average Bonchev–Trinajstić information content (AvgIpc) is 3.17. The third kappa shape index (κ3) is 3.88. The molecule has 0 radical (unpaired) electrons. The highest BCUT2D eigenvalue weighted by Crippen LogP contribution is 2.31. The fraction of sp³-hybridized carbons (Fsp3) is 0.318. The largest absolute Gasteiger partial charge is 0.496 e. The smallest absolute Gasteiger partial charge is 0.123 e. The van der Waals surface area contributed by atoms with Gasteiger partial charge in [-0.1, -0.05) is 18.2 Å². The van der Waals surface area contributed by atoms with Crippen molar-refractivity contribution >= 4 is 0 Å². The third-order valence-corrected chi connectivity index (χ3v) is 5.56. The molecule has 4 rings (SSSR count). The lowest BCUT2D eigenvalue weighted by Crippen LogP contribution is -3.11. The Labute approximate surface area is 159 Å². The Kier molecular flexibility index (Phi) is 5.21. The number of para-hydroxylation sites is 1. The summed E-state index contributed by atoms with van der Waals surface area (Å²) in [5.74, 6) is 1.34. The van der Waals surface area contributed by atoms with E-state index < -0.39 is 0 Å². The van der Waals surface area contributed by atoms with Gasteiger partial charge in [0, 0.05) is 18.4 Å². The van der Waals surface area contributed by atoms with Crippen LogP contribution in [0.1, 0.15) is 29.9 Å². The lowest BCUT2D eigenvalue weighted by Gasteiger charge is -2.30. The van der Waals surface area contributed by atoms with Gasteiger partial charge in [-0.2, -0.15) is 5.10 Å². The molecular weight excluding hydrogens is 341 g/mol. The predicted octanol–water partition coefficient (Wildman–Crippen LogP) is 3.19. The van der Waals surface area contributed by atoms with E-state index in [-0.39, 0.29) is 5.82 Å². The van der Waals surface area contributed by atoms with E-state index in [1.165, 1.54) is 23.3 Å². The summed E-state index contributed by atoms with van der Waals surface area (Å²) in [7, 11) is 1.75. The molecule has 0 atom stereocenters. The van der Waals surface area contributed by atoms with E-state index in [0.29, 0.717) is 5.92 Å². The number of aromatic nitrogens is 2. The lowest BCUT2D eigenvalue weighted by molar-refractivity contribution is -0.919. The monoisotopic (exact) mass is 366 g/mol. The predicted molar refractivity (Wildman–Crippen MR) is 103 cm³/mol. The molecule has 1 fully saturated rings. The van der Waals surface area contributed by atoms with Gasteiger partial charge in [-0.15, -0.1) is 0 Å². The molecular formula is C22H25FN3O+. The highest BCUT2D eigenvalue weighted by molar-refractivity contribution is 5.62. The van der Waals surface area contributed by atoms with Crippen LogP contribution in [0.3, 0.4) is 0 Å². The molecule has 1 aliphatic rings. The van der Waals surface area contributed by atoms with Crippen molar-refractivity contribution in [2.75, 3.05) is 20.2 Å². The normalized spacial score (nSPS) is 19.8. The molecule has 2 heterocycles. The van der Waals surface area contributed by atoms with E-state index in [2.05, 4.69) is 28.4 Å². The second-order valence-corrected chi connectivity index (χ2v) is 7.22. The molecule has 2 N–H and O–H groups in total. The number of likely N-dealkylation sites (tertiary alicyclic amines) is 1. The van der Waals surface area contributed by atoms with Crippen LogP contribution in [0.2, 0.25) is 0 Å². The van der Waals surface area contributed by atoms with Crippen molar-refractivity contribution in [3.63, 3.8) is 0 Å². The quantitative estimate of drug-likeness (QED) is 0.728. The number of nitrogens with zero attached hydrogens (tertiary/aromatic N) is 1. The topological polar surface area (TPSA) is 42.4 Å². The van der Waals surface area contributed by atoms with Gasteiger partial charge < -0.3 is 9.64 Å². The number of halogens is 1. The fourth-order valence-electron chi connectivity index (χ4n) is 4.10. The van der Waals surface area contributed by atoms with Gasteiger partial charge in [0.15, 0.2) is 0 Å². The van der Waals surface area contributed by atoms with Crippen LogP contribution in [-0.2, 0) is 6.54 Å². The van der Waals surface area contributed by atoms with Gasteiger partial charge in [0.1, 0.15) is 18.1 Å². The van der Waals surface area contributed by atoms with Crippen LogP contribution >= 0.6 is 0 Å². The maximum atomic E-state index is 13.2. The summed E-state index contributed by atoms with van der Waals surface area (Å²) in [5.41, 5.74) is 4.49. The van der Waals surface area contributed by atoms with Crippen LogP contribution in [-0.4, -0.2) is 30.4 Å². The van der Waals surface area contributed by atoms with E-state index >= 15 is 0 Å². The van der Waals surface area contributed by atoms with Gasteiger partial charge in [-0.3, -0.25) is 5.10 Å². The minimum atomic E-state index is -0.219. The molecule has 0 amide bonds. The zero-order valence-corrected chi connectivity index (χ0v) is 15.5. The third-order valence-electron chi connectivity index (χ3n) is 5.56. The number of piperidine rings is 1. The Balaban J connectivity index is 1.42. The van der Waals surface area contributed by atoms with Crippen molar-refractivity contribution in [2.24, 2.45) is 0 Å². The van der Waals surface area contributed by atoms with Crippen LogP contribution in [0.15, 0.2) is 54.7 Å². The molecule has 5 heteroatoms. The van der Waals surface area contributed by atoms with E-state index in [9.17, 15) is 4.39 Å². The van der Waals surface area contributed by atoms with Crippen LogP contribution in [0.4, 0.5) is 4.39 Å². The Morgan fingerprint density at radius 2 is 1.85 bits per heavy atom. The fourth-order valence-corrected chi connectivity index (χ4v) is 4.10. The number of aromatic amines is 1. The first-order chi connectivity index (χ1) is 13.2. The highest BCUT2D eigenvalue weighted by Gasteiger charge is 2.26. The maximum absolute atomic E-state index is 13.2. The standard InChI is InChI=1S/C22H24FN3O/c1-27-21-5-3-2-4-20(21)16-10-12-26(13-11-16)15-18-14-24-25-22(18)17-6-8-19(23)9-7-17/h2-9,14,16H,10-13,15H2,1H3,(H,24,25)/p+1. The molecule has 2 aromatic carbocycles. The van der Waals surface area contributed by atoms with Crippen LogP contribution < -0.4 is 9.64 Å². The number of nitrogens with one attached hydrogen (secondary N) is 2. The van der Waals surface area contributed by atoms with Gasteiger partial charge in [-0.05, 0) is 41.8 Å². The Hall–Kier alpha value is -2.66. The summed E-state index contributed by atoms with van der Waals surface area (Å²) in [6.07, 6.45) is 4.21. The van der Waals surface area contributed by atoms with E-state index in [1.54, 1.807) is 24.1 Å². The highest BCUT2D eigenvalue weighted by atomic mass is 19.1. The van der Waals surface area contributed by atoms with Crippen molar-refractivity contribution in [1.82, 2.24) is 10.2 Å². The first kappa shape index (κ1) is 17.7. The summed E-state index contributed by atoms with van der Waals surface area (Å²) >= 11 is 0. The molecule has 27 heavy (non-hydrogen) atoms. The minimum absolute atomic E-state index is 0.219. The molecule has 1 saturated heterocycles. The van der Waals surface area contributed by atoms with Gasteiger partial charge in [-0.25, -0.2) is 4.39 Å². The number of ether oxygens (including phenoxy) is 1. The minimum Gasteiger partial charge on any atom is -0.496 e. The van der Waals surface area contributed by atoms with Crippen LogP contribution in [0, 0.1) is 5.82 Å². The van der Waals surface area contributed by atoms with Gasteiger partial charge >= 0.3 is 0 Å². The molecule has 0 saturated carbocycles. The Morgan fingerprint density at radius 1 is 1.11 bits per heavy atom. The van der Waals surface area contributed by atoms with Crippen molar-refractivity contribution in [1.29, 1.82) is 0 Å². The maximum Gasteiger partial charge on any atom is 0.123 e. The Bertz CT molecular complexity index is 883. The Morgan fingerprint density at radius 3 is 2.59 bits per heavy atom. The molecule has 0 spiro atoms. The summed E-state index contributed by atoms with van der Waals surface area (Å²) in [6, 6.07) is 14.9. The SMILES string of the molecule is COc1ccccc1C1CC[NH+](Cc2cn[nH]c2-c2ccc(F)cc2)CC1. The summed E-state index contributed by atoms with van der Waals surface area (Å²) < 4.78 is 18.7. The van der Waals surface area contributed by atoms with Gasteiger partial charge in [0.2, 0.25) is 0 Å². The average molecular weight is 366 g/mol. The summed E-state index contributed by atoms with van der Waals surface area (Å²) in [4.78, 5) is 1.56. The van der Waals surface area contributed by atoms with Crippen LogP contribution in [0.5, 0.6) is 5.75 Å². The second-order valence-electron chi connectivity index (χ2n) is 7.22. The summed E-state index contributed by atoms with van der Waals surface area (Å²) in [5, 5.41) is 7.30. The number of methoxy groups -OCH3 is 1. The zero-order chi connectivity index (χ0) is 18.6. The number of rotatable bonds is 5. The molecule has 0 unspecified atom stereocenters. The van der Waals surface area contributed by atoms with E-state index in [1.807, 2.05) is 12.3 Å². The number of hydrogen-bond donors (Lipinski definition) is 2. The van der Waals surface area contributed by atoms with Gasteiger partial charge in [0.25, 0.3) is 0 Å². The summed E-state index contributed by atoms with van der Waals surface area (Å²) in [6.45, 7) is 3.18. The first-order valence-corrected chi connectivity index (χ1v) is 9.49. The lowest BCUT2D eigenvalue weighted by atomic mass is 9.88. The zero-order valence-electron chi connectivity index (χ0n) is 15.5. The molecule has 0 aliphatic carbocycles. The van der Waals surface area contributed by atoms with Crippen molar-refractivity contribution in [2.45, 2.75) is 25.3 Å². The number of hydrogen-bond acceptors (Lipinski definition) is 2. The molecule has 1 aliphatic heterocycles. The number of benzene rings is 2. The molecule has 4 nitrogen and oxygen atoms in total. The second kappa shape index (κ2) is 7.92. The number of quaternary nitrogens is 1. The first-order valence-electron chi connectivity index (χ1n) is 9.49. The van der Waals surface area contributed by atoms with Crippen molar-refractivity contribution in [3.05, 3.63) is 71.7 Å².